The van der Waals surface area contributed by atoms with E-state index in [4.69, 9.17) is 0 Å². The first-order chi connectivity index (χ1) is 13.1. The van der Waals surface area contributed by atoms with E-state index in [1.807, 2.05) is 50.2 Å². The normalized spacial score (nSPS) is 19.3. The number of hydrogen-bond acceptors (Lipinski definition) is 3. The van der Waals surface area contributed by atoms with Crippen molar-refractivity contribution in [3.8, 4) is 0 Å². The van der Waals surface area contributed by atoms with Gasteiger partial charge in [-0.15, -0.1) is 0 Å². The zero-order valence-corrected chi connectivity index (χ0v) is 17.0. The highest BCUT2D eigenvalue weighted by atomic mass is 16.2. The fourth-order valence-corrected chi connectivity index (χ4v) is 3.50. The minimum atomic E-state index is -1.17. The van der Waals surface area contributed by atoms with Gasteiger partial charge in [0.15, 0.2) is 5.78 Å². The molecule has 0 bridgehead atoms. The summed E-state index contributed by atoms with van der Waals surface area (Å²) >= 11 is 0. The molecule has 1 aliphatic rings. The molecule has 1 unspecified atom stereocenters. The van der Waals surface area contributed by atoms with Crippen molar-refractivity contribution in [2.45, 2.75) is 46.1 Å². The van der Waals surface area contributed by atoms with Crippen LogP contribution < -0.4 is 5.32 Å². The monoisotopic (exact) mass is 378 g/mol. The van der Waals surface area contributed by atoms with Crippen LogP contribution in [0.2, 0.25) is 0 Å². The van der Waals surface area contributed by atoms with E-state index in [0.29, 0.717) is 17.0 Å². The van der Waals surface area contributed by atoms with Gasteiger partial charge in [-0.05, 0) is 49.4 Å². The highest BCUT2D eigenvalue weighted by Gasteiger charge is 2.49. The molecule has 28 heavy (non-hydrogen) atoms. The van der Waals surface area contributed by atoms with E-state index in [9.17, 15) is 14.4 Å². The second-order valence-electron chi connectivity index (χ2n) is 7.96. The molecule has 0 aromatic heterocycles. The van der Waals surface area contributed by atoms with E-state index < -0.39 is 17.5 Å². The maximum Gasteiger partial charge on any atom is 0.325 e. The van der Waals surface area contributed by atoms with Gasteiger partial charge in [0.05, 0.1) is 6.54 Å². The molecule has 0 aliphatic carbocycles. The second-order valence-corrected chi connectivity index (χ2v) is 7.96. The van der Waals surface area contributed by atoms with Gasteiger partial charge in [-0.3, -0.25) is 14.5 Å². The van der Waals surface area contributed by atoms with Crippen LogP contribution in [0.5, 0.6) is 0 Å². The number of ketones is 1. The topological polar surface area (TPSA) is 66.5 Å². The molecule has 3 rings (SSSR count). The number of urea groups is 1. The summed E-state index contributed by atoms with van der Waals surface area (Å²) in [4.78, 5) is 39.3. The van der Waals surface area contributed by atoms with Gasteiger partial charge in [-0.1, -0.05) is 55.8 Å². The quantitative estimate of drug-likeness (QED) is 0.630. The van der Waals surface area contributed by atoms with Crippen molar-refractivity contribution in [2.24, 2.45) is 0 Å². The van der Waals surface area contributed by atoms with Gasteiger partial charge >= 0.3 is 6.03 Å². The lowest BCUT2D eigenvalue weighted by atomic mass is 9.90. The molecule has 5 nitrogen and oxygen atoms in total. The summed E-state index contributed by atoms with van der Waals surface area (Å²) in [6, 6.07) is 12.7. The molecular formula is C23H26N2O3. The third-order valence-corrected chi connectivity index (χ3v) is 5.42. The van der Waals surface area contributed by atoms with Gasteiger partial charge in [0.25, 0.3) is 5.91 Å². The number of imide groups is 1. The van der Waals surface area contributed by atoms with E-state index >= 15 is 0 Å². The number of nitrogens with one attached hydrogen (secondary N) is 1. The largest absolute Gasteiger partial charge is 0.325 e. The van der Waals surface area contributed by atoms with Crippen molar-refractivity contribution in [3.63, 3.8) is 0 Å². The maximum atomic E-state index is 13.1. The van der Waals surface area contributed by atoms with Crippen molar-refractivity contribution < 1.29 is 14.4 Å². The molecule has 0 spiro atoms. The van der Waals surface area contributed by atoms with Crippen molar-refractivity contribution in [1.82, 2.24) is 10.2 Å². The van der Waals surface area contributed by atoms with E-state index in [1.165, 1.54) is 0 Å². The molecule has 0 radical (unpaired) electrons. The summed E-state index contributed by atoms with van der Waals surface area (Å²) in [6.07, 6.45) is 0. The Morgan fingerprint density at radius 3 is 2.32 bits per heavy atom. The lowest BCUT2D eigenvalue weighted by Gasteiger charge is -2.23. The van der Waals surface area contributed by atoms with Gasteiger partial charge in [-0.2, -0.15) is 0 Å². The third kappa shape index (κ3) is 3.44. The summed E-state index contributed by atoms with van der Waals surface area (Å²) < 4.78 is 0. The number of aryl methyl sites for hydroxylation is 2. The fourth-order valence-electron chi connectivity index (χ4n) is 3.50. The Labute approximate surface area is 165 Å². The predicted octanol–water partition coefficient (Wildman–Crippen LogP) is 4.08. The van der Waals surface area contributed by atoms with Crippen LogP contribution in [0.1, 0.15) is 59.3 Å². The van der Waals surface area contributed by atoms with Crippen molar-refractivity contribution >= 4 is 17.7 Å². The number of rotatable bonds is 5. The Bertz CT molecular complexity index is 947. The van der Waals surface area contributed by atoms with E-state index in [1.54, 1.807) is 13.0 Å². The van der Waals surface area contributed by atoms with E-state index in [-0.39, 0.29) is 12.3 Å². The Morgan fingerprint density at radius 1 is 1.07 bits per heavy atom. The summed E-state index contributed by atoms with van der Waals surface area (Å²) in [5.41, 5.74) is 3.02. The number of amides is 3. The molecule has 2 aromatic rings. The number of carbonyl (C=O) groups excluding carboxylic acids is 3. The molecule has 2 aromatic carbocycles. The Morgan fingerprint density at radius 2 is 1.71 bits per heavy atom. The van der Waals surface area contributed by atoms with Crippen LogP contribution in [0.4, 0.5) is 4.79 Å². The van der Waals surface area contributed by atoms with Gasteiger partial charge in [0.2, 0.25) is 0 Å². The lowest BCUT2D eigenvalue weighted by molar-refractivity contribution is -0.130. The molecule has 0 saturated carbocycles. The molecular weight excluding hydrogens is 352 g/mol. The number of carbonyl (C=O) groups is 3. The maximum absolute atomic E-state index is 13.1. The summed E-state index contributed by atoms with van der Waals surface area (Å²) in [7, 11) is 0. The zero-order valence-electron chi connectivity index (χ0n) is 17.0. The standard InChI is InChI=1S/C23H26N2O3/c1-14(2)17-8-10-18(11-9-17)23(5)21(27)25(22(28)24-23)13-20(26)19-12-15(3)6-7-16(19)4/h6-12,14H,13H2,1-5H3,(H,24,28). The minimum Gasteiger partial charge on any atom is -0.319 e. The summed E-state index contributed by atoms with van der Waals surface area (Å²) in [5.74, 6) is -0.278. The number of benzene rings is 2. The summed E-state index contributed by atoms with van der Waals surface area (Å²) in [6.45, 7) is 9.36. The highest BCUT2D eigenvalue weighted by Crippen LogP contribution is 2.30. The van der Waals surface area contributed by atoms with Gasteiger partial charge in [0, 0.05) is 5.56 Å². The molecule has 146 valence electrons. The average Bonchev–Trinajstić information content (AvgIpc) is 2.87. The molecule has 1 fully saturated rings. The average molecular weight is 378 g/mol. The van der Waals surface area contributed by atoms with Crippen molar-refractivity contribution in [3.05, 3.63) is 70.3 Å². The first-order valence-corrected chi connectivity index (χ1v) is 9.48. The first kappa shape index (κ1) is 19.8. The van der Waals surface area contributed by atoms with Crippen LogP contribution in [-0.2, 0) is 10.3 Å². The van der Waals surface area contributed by atoms with Crippen LogP contribution in [-0.4, -0.2) is 29.2 Å². The minimum absolute atomic E-state index is 0.246. The Kier molecular flexibility index (Phi) is 5.11. The third-order valence-electron chi connectivity index (χ3n) is 5.42. The zero-order chi connectivity index (χ0) is 20.6. The highest BCUT2D eigenvalue weighted by molar-refractivity contribution is 6.11. The van der Waals surface area contributed by atoms with Gasteiger partial charge < -0.3 is 5.32 Å². The molecule has 1 saturated heterocycles. The second kappa shape index (κ2) is 7.23. The molecule has 1 heterocycles. The Hall–Kier alpha value is -2.95. The van der Waals surface area contributed by atoms with Crippen LogP contribution in [0.15, 0.2) is 42.5 Å². The first-order valence-electron chi connectivity index (χ1n) is 9.48. The fraction of sp³-hybridized carbons (Fsp3) is 0.348. The number of Topliss-reactive ketones (excluding diaryl/α,β-unsaturated/α-hetero) is 1. The lowest BCUT2D eigenvalue weighted by Crippen LogP contribution is -2.41. The molecule has 1 N–H and O–H groups in total. The molecule has 1 aliphatic heterocycles. The van der Waals surface area contributed by atoms with Crippen LogP contribution >= 0.6 is 0 Å². The predicted molar refractivity (Wildman–Crippen MR) is 108 cm³/mol. The van der Waals surface area contributed by atoms with Crippen LogP contribution in [0.3, 0.4) is 0 Å². The smallest absolute Gasteiger partial charge is 0.319 e. The van der Waals surface area contributed by atoms with Crippen molar-refractivity contribution in [2.75, 3.05) is 6.54 Å². The molecule has 1 atom stereocenters. The van der Waals surface area contributed by atoms with Crippen LogP contribution in [0.25, 0.3) is 0 Å². The van der Waals surface area contributed by atoms with E-state index in [0.717, 1.165) is 21.6 Å². The SMILES string of the molecule is Cc1ccc(C)c(C(=O)CN2C(=O)NC(C)(c3ccc(C(C)C)cc3)C2=O)c1. The van der Waals surface area contributed by atoms with Crippen LogP contribution in [0, 0.1) is 13.8 Å². The van der Waals surface area contributed by atoms with Gasteiger partial charge in [-0.25, -0.2) is 4.79 Å². The molecule has 5 heteroatoms. The number of hydrogen-bond donors (Lipinski definition) is 1. The summed E-state index contributed by atoms with van der Waals surface area (Å²) in [5, 5.41) is 2.76. The van der Waals surface area contributed by atoms with Crippen molar-refractivity contribution in [1.29, 1.82) is 0 Å². The number of nitrogens with zero attached hydrogens (tertiary/aromatic N) is 1. The van der Waals surface area contributed by atoms with E-state index in [2.05, 4.69) is 19.2 Å². The van der Waals surface area contributed by atoms with Gasteiger partial charge in [0.1, 0.15) is 5.54 Å². The molecule has 3 amide bonds. The Balaban J connectivity index is 1.85.